The van der Waals surface area contributed by atoms with Crippen LogP contribution in [-0.4, -0.2) is 15.5 Å². The maximum atomic E-state index is 11.5. The van der Waals surface area contributed by atoms with Gasteiger partial charge in [-0.3, -0.25) is 4.79 Å². The summed E-state index contributed by atoms with van der Waals surface area (Å²) in [6.07, 6.45) is 3.60. The molecule has 0 bridgehead atoms. The minimum absolute atomic E-state index is 0.115. The van der Waals surface area contributed by atoms with Gasteiger partial charge >= 0.3 is 0 Å². The van der Waals surface area contributed by atoms with E-state index in [4.69, 9.17) is 0 Å². The Hall–Kier alpha value is -0.970. The van der Waals surface area contributed by atoms with Crippen molar-refractivity contribution in [2.75, 3.05) is 5.32 Å². The molecular formula is C8H11N3OS. The number of hydrogen-bond donors (Lipinski definition) is 1. The average molecular weight is 197 g/mol. The van der Waals surface area contributed by atoms with Gasteiger partial charge in [-0.2, -0.15) is 0 Å². The summed E-state index contributed by atoms with van der Waals surface area (Å²) >= 11 is 1.21. The molecule has 1 N–H and O–H groups in total. The molecule has 0 spiro atoms. The smallest absolute Gasteiger partial charge is 0.228 e. The number of anilines is 1. The molecule has 0 aliphatic heterocycles. The van der Waals surface area contributed by atoms with E-state index in [9.17, 15) is 4.79 Å². The normalized spacial score (nSPS) is 26.5. The quantitative estimate of drug-likeness (QED) is 0.782. The maximum absolute atomic E-state index is 11.5. The molecule has 0 unspecified atom stereocenters. The largest absolute Gasteiger partial charge is 0.315 e. The van der Waals surface area contributed by atoms with E-state index in [-0.39, 0.29) is 11.8 Å². The van der Waals surface area contributed by atoms with Crippen molar-refractivity contribution in [3.05, 3.63) is 6.20 Å². The molecule has 1 aliphatic carbocycles. The Labute approximate surface area is 80.5 Å². The molecule has 5 heteroatoms. The molecule has 13 heavy (non-hydrogen) atoms. The topological polar surface area (TPSA) is 54.9 Å². The van der Waals surface area contributed by atoms with Crippen LogP contribution in [0.25, 0.3) is 0 Å². The van der Waals surface area contributed by atoms with Gasteiger partial charge in [0.05, 0.1) is 6.20 Å². The van der Waals surface area contributed by atoms with Crippen LogP contribution in [0.2, 0.25) is 0 Å². The predicted octanol–water partition coefficient (Wildman–Crippen LogP) is 1.52. The van der Waals surface area contributed by atoms with E-state index in [0.29, 0.717) is 5.92 Å². The van der Waals surface area contributed by atoms with Crippen LogP contribution in [0.3, 0.4) is 0 Å². The van der Waals surface area contributed by atoms with Crippen molar-refractivity contribution >= 4 is 22.4 Å². The van der Waals surface area contributed by atoms with E-state index in [2.05, 4.69) is 21.8 Å². The van der Waals surface area contributed by atoms with Crippen LogP contribution in [0.5, 0.6) is 0 Å². The number of amides is 1. The molecule has 1 aromatic heterocycles. The van der Waals surface area contributed by atoms with Crippen molar-refractivity contribution in [2.45, 2.75) is 19.8 Å². The van der Waals surface area contributed by atoms with Crippen LogP contribution in [0.15, 0.2) is 6.20 Å². The fourth-order valence-corrected chi connectivity index (χ4v) is 1.98. The first kappa shape index (κ1) is 8.62. The zero-order chi connectivity index (χ0) is 9.26. The van der Waals surface area contributed by atoms with Crippen molar-refractivity contribution in [3.63, 3.8) is 0 Å². The molecular weight excluding hydrogens is 186 g/mol. The summed E-state index contributed by atoms with van der Waals surface area (Å²) < 4.78 is 3.67. The third kappa shape index (κ3) is 1.85. The van der Waals surface area contributed by atoms with Crippen molar-refractivity contribution in [3.8, 4) is 0 Å². The Morgan fingerprint density at radius 1 is 1.69 bits per heavy atom. The van der Waals surface area contributed by atoms with Gasteiger partial charge in [0, 0.05) is 17.5 Å². The minimum atomic E-state index is 0.115. The molecule has 4 nitrogen and oxygen atoms in total. The summed E-state index contributed by atoms with van der Waals surface area (Å²) in [7, 11) is 0. The summed E-state index contributed by atoms with van der Waals surface area (Å²) in [6.45, 7) is 2.16. The highest BCUT2D eigenvalue weighted by molar-refractivity contribution is 7.10. The molecule has 0 radical (unpaired) electrons. The van der Waals surface area contributed by atoms with Crippen LogP contribution in [0, 0.1) is 11.8 Å². The molecule has 1 aromatic rings. The molecule has 1 amide bonds. The van der Waals surface area contributed by atoms with Gasteiger partial charge in [-0.05, 0) is 18.8 Å². The molecule has 0 aromatic carbocycles. The fourth-order valence-electron chi connectivity index (χ4n) is 1.56. The summed E-state index contributed by atoms with van der Waals surface area (Å²) in [5, 5.41) is 7.19. The molecule has 2 rings (SSSR count). The Morgan fingerprint density at radius 2 is 2.46 bits per heavy atom. The van der Waals surface area contributed by atoms with Gasteiger partial charge in [0.2, 0.25) is 5.91 Å². The zero-order valence-electron chi connectivity index (χ0n) is 7.36. The summed E-state index contributed by atoms with van der Waals surface area (Å²) in [5.74, 6) is 1.02. The second-order valence-electron chi connectivity index (χ2n) is 3.54. The average Bonchev–Trinajstić information content (AvgIpc) is 2.51. The van der Waals surface area contributed by atoms with Gasteiger partial charge in [0.15, 0.2) is 0 Å². The number of hydrogen-bond acceptors (Lipinski definition) is 4. The van der Waals surface area contributed by atoms with Crippen molar-refractivity contribution < 1.29 is 4.79 Å². The highest BCUT2D eigenvalue weighted by Crippen LogP contribution is 2.33. The van der Waals surface area contributed by atoms with Gasteiger partial charge in [-0.1, -0.05) is 11.4 Å². The number of carbonyl (C=O) groups is 1. The Bertz CT molecular complexity index is 292. The zero-order valence-corrected chi connectivity index (χ0v) is 8.17. The highest BCUT2D eigenvalue weighted by Gasteiger charge is 2.31. The van der Waals surface area contributed by atoms with E-state index in [1.807, 2.05) is 0 Å². The second-order valence-corrected chi connectivity index (χ2v) is 4.33. The Morgan fingerprint density at radius 3 is 3.00 bits per heavy atom. The first-order valence-electron chi connectivity index (χ1n) is 4.34. The van der Waals surface area contributed by atoms with Crippen LogP contribution in [0.4, 0.5) is 5.00 Å². The molecule has 1 saturated carbocycles. The van der Waals surface area contributed by atoms with Crippen LogP contribution in [0.1, 0.15) is 19.8 Å². The van der Waals surface area contributed by atoms with E-state index >= 15 is 0 Å². The maximum Gasteiger partial charge on any atom is 0.228 e. The lowest BCUT2D eigenvalue weighted by Gasteiger charge is -2.30. The van der Waals surface area contributed by atoms with Crippen molar-refractivity contribution in [1.82, 2.24) is 9.59 Å². The fraction of sp³-hybridized carbons (Fsp3) is 0.625. The summed E-state index contributed by atoms with van der Waals surface area (Å²) in [4.78, 5) is 11.5. The van der Waals surface area contributed by atoms with Gasteiger partial charge in [0.1, 0.15) is 5.00 Å². The van der Waals surface area contributed by atoms with Gasteiger partial charge < -0.3 is 5.32 Å². The van der Waals surface area contributed by atoms with Gasteiger partial charge in [-0.25, -0.2) is 0 Å². The molecule has 0 atom stereocenters. The molecule has 0 saturated heterocycles. The summed E-state index contributed by atoms with van der Waals surface area (Å²) in [5.41, 5.74) is 0. The number of rotatable bonds is 2. The van der Waals surface area contributed by atoms with Crippen LogP contribution in [-0.2, 0) is 4.79 Å². The predicted molar refractivity (Wildman–Crippen MR) is 50.4 cm³/mol. The second kappa shape index (κ2) is 3.41. The van der Waals surface area contributed by atoms with E-state index < -0.39 is 0 Å². The third-order valence-corrected chi connectivity index (χ3v) is 2.93. The summed E-state index contributed by atoms with van der Waals surface area (Å²) in [6, 6.07) is 0. The van der Waals surface area contributed by atoms with Gasteiger partial charge in [-0.15, -0.1) is 5.10 Å². The van der Waals surface area contributed by atoms with E-state index in [1.165, 1.54) is 11.5 Å². The third-order valence-electron chi connectivity index (χ3n) is 2.35. The number of nitrogens with zero attached hydrogens (tertiary/aromatic N) is 2. The molecule has 1 aliphatic rings. The molecule has 1 fully saturated rings. The van der Waals surface area contributed by atoms with E-state index in [0.717, 1.165) is 17.8 Å². The first-order valence-corrected chi connectivity index (χ1v) is 5.11. The number of carbonyl (C=O) groups excluding carboxylic acids is 1. The lowest BCUT2D eigenvalue weighted by atomic mass is 9.76. The minimum Gasteiger partial charge on any atom is -0.315 e. The lowest BCUT2D eigenvalue weighted by Crippen LogP contribution is -2.32. The van der Waals surface area contributed by atoms with Crippen LogP contribution >= 0.6 is 11.5 Å². The van der Waals surface area contributed by atoms with Crippen LogP contribution < -0.4 is 5.32 Å². The molecule has 70 valence electrons. The first-order chi connectivity index (χ1) is 6.25. The molecule has 1 heterocycles. The number of aromatic nitrogens is 2. The van der Waals surface area contributed by atoms with E-state index in [1.54, 1.807) is 6.20 Å². The van der Waals surface area contributed by atoms with Crippen molar-refractivity contribution in [2.24, 2.45) is 11.8 Å². The Balaban J connectivity index is 1.86. The number of nitrogens with one attached hydrogen (secondary N) is 1. The van der Waals surface area contributed by atoms with Crippen molar-refractivity contribution in [1.29, 1.82) is 0 Å². The SMILES string of the molecule is CC1CC(C(=O)Nc2cnns2)C1. The monoisotopic (exact) mass is 197 g/mol. The highest BCUT2D eigenvalue weighted by atomic mass is 32.1. The Kier molecular flexibility index (Phi) is 2.26. The lowest BCUT2D eigenvalue weighted by molar-refractivity contribution is -0.123. The van der Waals surface area contributed by atoms with Gasteiger partial charge in [0.25, 0.3) is 0 Å². The standard InChI is InChI=1S/C8H11N3OS/c1-5-2-6(3-5)8(12)10-7-4-9-11-13-7/h4-6H,2-3H2,1H3,(H,10,12).